The quantitative estimate of drug-likeness (QED) is 0.823. The van der Waals surface area contributed by atoms with Crippen molar-refractivity contribution in [2.24, 2.45) is 0 Å². The van der Waals surface area contributed by atoms with Gasteiger partial charge in [0, 0.05) is 25.8 Å². The summed E-state index contributed by atoms with van der Waals surface area (Å²) >= 11 is 0. The molecule has 1 fully saturated rings. The van der Waals surface area contributed by atoms with Crippen LogP contribution in [0.5, 0.6) is 0 Å². The molecule has 1 saturated heterocycles. The van der Waals surface area contributed by atoms with Crippen molar-refractivity contribution in [2.45, 2.75) is 25.5 Å². The van der Waals surface area contributed by atoms with Gasteiger partial charge in [0.25, 0.3) is 0 Å². The molecule has 1 aromatic rings. The number of ether oxygens (including phenoxy) is 1. The standard InChI is InChI=1S/C12H17N3O3/c16-12(17)8-18-11-2-5-15(6-3-11)7-10-1-4-13-9-14-10/h1,4,9,11H,2-3,5-8H2,(H,16,17). The number of rotatable bonds is 5. The molecule has 6 nitrogen and oxygen atoms in total. The summed E-state index contributed by atoms with van der Waals surface area (Å²) in [6, 6.07) is 1.91. The van der Waals surface area contributed by atoms with Crippen LogP contribution >= 0.6 is 0 Å². The highest BCUT2D eigenvalue weighted by molar-refractivity contribution is 5.68. The van der Waals surface area contributed by atoms with Gasteiger partial charge in [0.05, 0.1) is 11.8 Å². The van der Waals surface area contributed by atoms with Gasteiger partial charge in [-0.25, -0.2) is 14.8 Å². The molecule has 0 aromatic carbocycles. The van der Waals surface area contributed by atoms with Gasteiger partial charge in [0.2, 0.25) is 0 Å². The van der Waals surface area contributed by atoms with Crippen LogP contribution in [0.4, 0.5) is 0 Å². The van der Waals surface area contributed by atoms with Crippen LogP contribution < -0.4 is 0 Å². The Kier molecular flexibility index (Phi) is 4.60. The second-order valence-electron chi connectivity index (χ2n) is 4.38. The monoisotopic (exact) mass is 251 g/mol. The van der Waals surface area contributed by atoms with Crippen LogP contribution in [0, 0.1) is 0 Å². The molecule has 0 bridgehead atoms. The topological polar surface area (TPSA) is 75.6 Å². The largest absolute Gasteiger partial charge is 0.480 e. The number of nitrogens with zero attached hydrogens (tertiary/aromatic N) is 3. The molecule has 1 N–H and O–H groups in total. The molecule has 98 valence electrons. The van der Waals surface area contributed by atoms with Crippen LogP contribution in [-0.2, 0) is 16.1 Å². The van der Waals surface area contributed by atoms with Crippen molar-refractivity contribution in [1.29, 1.82) is 0 Å². The lowest BCUT2D eigenvalue weighted by molar-refractivity contribution is -0.145. The third-order valence-corrected chi connectivity index (χ3v) is 3.01. The number of carboxylic acids is 1. The van der Waals surface area contributed by atoms with E-state index in [1.165, 1.54) is 0 Å². The van der Waals surface area contributed by atoms with E-state index in [-0.39, 0.29) is 12.7 Å². The first-order valence-electron chi connectivity index (χ1n) is 6.04. The van der Waals surface area contributed by atoms with E-state index in [2.05, 4.69) is 14.9 Å². The van der Waals surface area contributed by atoms with E-state index in [0.29, 0.717) is 0 Å². The molecular weight excluding hydrogens is 234 g/mol. The van der Waals surface area contributed by atoms with E-state index in [0.717, 1.165) is 38.2 Å². The van der Waals surface area contributed by atoms with Gasteiger partial charge < -0.3 is 9.84 Å². The highest BCUT2D eigenvalue weighted by Crippen LogP contribution is 2.15. The molecule has 6 heteroatoms. The van der Waals surface area contributed by atoms with Gasteiger partial charge in [-0.05, 0) is 18.9 Å². The van der Waals surface area contributed by atoms with E-state index >= 15 is 0 Å². The minimum absolute atomic E-state index is 0.0720. The van der Waals surface area contributed by atoms with Crippen molar-refractivity contribution in [3.8, 4) is 0 Å². The number of likely N-dealkylation sites (tertiary alicyclic amines) is 1. The Labute approximate surface area is 106 Å². The summed E-state index contributed by atoms with van der Waals surface area (Å²) in [6.07, 6.45) is 5.11. The smallest absolute Gasteiger partial charge is 0.329 e. The highest BCUT2D eigenvalue weighted by Gasteiger charge is 2.20. The maximum absolute atomic E-state index is 10.4. The van der Waals surface area contributed by atoms with Crippen molar-refractivity contribution < 1.29 is 14.6 Å². The van der Waals surface area contributed by atoms with Gasteiger partial charge in [-0.1, -0.05) is 0 Å². The summed E-state index contributed by atoms with van der Waals surface area (Å²) in [5, 5.41) is 8.54. The van der Waals surface area contributed by atoms with Crippen molar-refractivity contribution in [3.63, 3.8) is 0 Å². The fourth-order valence-corrected chi connectivity index (χ4v) is 2.06. The summed E-state index contributed by atoms with van der Waals surface area (Å²) in [5.74, 6) is -0.904. The summed E-state index contributed by atoms with van der Waals surface area (Å²) in [4.78, 5) is 20.8. The lowest BCUT2D eigenvalue weighted by Crippen LogP contribution is -2.37. The molecule has 0 atom stereocenters. The van der Waals surface area contributed by atoms with Crippen LogP contribution in [0.25, 0.3) is 0 Å². The van der Waals surface area contributed by atoms with Crippen molar-refractivity contribution in [3.05, 3.63) is 24.3 Å². The summed E-state index contributed by atoms with van der Waals surface area (Å²) < 4.78 is 5.29. The Hall–Kier alpha value is -1.53. The van der Waals surface area contributed by atoms with Gasteiger partial charge in [0.15, 0.2) is 0 Å². The SMILES string of the molecule is O=C(O)COC1CCN(Cc2ccncn2)CC1. The molecule has 0 saturated carbocycles. The number of hydrogen-bond donors (Lipinski definition) is 1. The van der Waals surface area contributed by atoms with Gasteiger partial charge in [0.1, 0.15) is 12.9 Å². The van der Waals surface area contributed by atoms with Gasteiger partial charge >= 0.3 is 5.97 Å². The molecule has 0 unspecified atom stereocenters. The van der Waals surface area contributed by atoms with Crippen molar-refractivity contribution >= 4 is 5.97 Å². The Morgan fingerprint density at radius 3 is 2.89 bits per heavy atom. The molecule has 0 spiro atoms. The number of aliphatic carboxylic acids is 1. The Balaban J connectivity index is 1.72. The molecule has 18 heavy (non-hydrogen) atoms. The molecule has 2 rings (SSSR count). The fourth-order valence-electron chi connectivity index (χ4n) is 2.06. The van der Waals surface area contributed by atoms with Crippen LogP contribution in [-0.4, -0.2) is 51.7 Å². The highest BCUT2D eigenvalue weighted by atomic mass is 16.5. The van der Waals surface area contributed by atoms with Crippen LogP contribution in [0.3, 0.4) is 0 Å². The van der Waals surface area contributed by atoms with E-state index in [4.69, 9.17) is 9.84 Å². The maximum Gasteiger partial charge on any atom is 0.329 e. The molecule has 1 aromatic heterocycles. The van der Waals surface area contributed by atoms with Crippen molar-refractivity contribution in [1.82, 2.24) is 14.9 Å². The van der Waals surface area contributed by atoms with Gasteiger partial charge in [-0.3, -0.25) is 4.90 Å². The number of hydrogen-bond acceptors (Lipinski definition) is 5. The zero-order valence-electron chi connectivity index (χ0n) is 10.2. The average molecular weight is 251 g/mol. The van der Waals surface area contributed by atoms with E-state index in [1.807, 2.05) is 6.07 Å². The summed E-state index contributed by atoms with van der Waals surface area (Å²) in [7, 11) is 0. The van der Waals surface area contributed by atoms with Crippen LogP contribution in [0.15, 0.2) is 18.6 Å². The maximum atomic E-state index is 10.4. The first-order valence-corrected chi connectivity index (χ1v) is 6.04. The molecule has 1 aliphatic heterocycles. The van der Waals surface area contributed by atoms with Crippen LogP contribution in [0.2, 0.25) is 0 Å². The molecule has 2 heterocycles. The predicted molar refractivity (Wildman–Crippen MR) is 63.9 cm³/mol. The third-order valence-electron chi connectivity index (χ3n) is 3.01. The third kappa shape index (κ3) is 4.05. The zero-order valence-corrected chi connectivity index (χ0v) is 10.2. The minimum Gasteiger partial charge on any atom is -0.480 e. The van der Waals surface area contributed by atoms with E-state index in [1.54, 1.807) is 12.5 Å². The van der Waals surface area contributed by atoms with Gasteiger partial charge in [-0.2, -0.15) is 0 Å². The molecule has 0 aliphatic carbocycles. The number of carboxylic acid groups (broad SMARTS) is 1. The molecular formula is C12H17N3O3. The first-order chi connectivity index (χ1) is 8.74. The average Bonchev–Trinajstić information content (AvgIpc) is 2.39. The Morgan fingerprint density at radius 1 is 1.50 bits per heavy atom. The summed E-state index contributed by atoms with van der Waals surface area (Å²) in [6.45, 7) is 2.44. The second kappa shape index (κ2) is 6.42. The van der Waals surface area contributed by atoms with Crippen molar-refractivity contribution in [2.75, 3.05) is 19.7 Å². The zero-order chi connectivity index (χ0) is 12.8. The van der Waals surface area contributed by atoms with E-state index < -0.39 is 5.97 Å². The minimum atomic E-state index is -0.904. The number of piperidine rings is 1. The Bertz CT molecular complexity index is 377. The normalized spacial score (nSPS) is 17.8. The fraction of sp³-hybridized carbons (Fsp3) is 0.583. The lowest BCUT2D eigenvalue weighted by atomic mass is 10.1. The van der Waals surface area contributed by atoms with E-state index in [9.17, 15) is 4.79 Å². The predicted octanol–water partition coefficient (Wildman–Crippen LogP) is 0.542. The van der Waals surface area contributed by atoms with Crippen LogP contribution in [0.1, 0.15) is 18.5 Å². The molecule has 0 amide bonds. The second-order valence-corrected chi connectivity index (χ2v) is 4.38. The summed E-state index contributed by atoms with van der Waals surface area (Å²) in [5.41, 5.74) is 1.01. The lowest BCUT2D eigenvalue weighted by Gasteiger charge is -2.31. The number of carbonyl (C=O) groups is 1. The molecule has 0 radical (unpaired) electrons. The Morgan fingerprint density at radius 2 is 2.28 bits per heavy atom. The van der Waals surface area contributed by atoms with Gasteiger partial charge in [-0.15, -0.1) is 0 Å². The first kappa shape index (κ1) is 12.9. The molecule has 1 aliphatic rings. The number of aromatic nitrogens is 2.